The van der Waals surface area contributed by atoms with Crippen molar-refractivity contribution >= 4 is 17.7 Å². The summed E-state index contributed by atoms with van der Waals surface area (Å²) >= 11 is 0. The van der Waals surface area contributed by atoms with Gasteiger partial charge >= 0.3 is 12.1 Å². The van der Waals surface area contributed by atoms with Crippen LogP contribution < -0.4 is 4.90 Å². The maximum atomic E-state index is 12.5. The highest BCUT2D eigenvalue weighted by atomic mass is 19.4. The Balaban J connectivity index is 1.59. The third-order valence-corrected chi connectivity index (χ3v) is 4.68. The maximum absolute atomic E-state index is 12.5. The van der Waals surface area contributed by atoms with Crippen molar-refractivity contribution in [2.45, 2.75) is 31.5 Å². The topological polar surface area (TPSA) is 86.6 Å². The van der Waals surface area contributed by atoms with Crippen LogP contribution >= 0.6 is 0 Å². The normalized spacial score (nSPS) is 22.5. The number of hydrogen-bond acceptors (Lipinski definition) is 5. The highest BCUT2D eigenvalue weighted by Crippen LogP contribution is 2.29. The van der Waals surface area contributed by atoms with Gasteiger partial charge in [0.05, 0.1) is 5.92 Å². The zero-order valence-electron chi connectivity index (χ0n) is 13.2. The van der Waals surface area contributed by atoms with E-state index in [9.17, 15) is 22.8 Å². The van der Waals surface area contributed by atoms with Gasteiger partial charge in [0.2, 0.25) is 5.91 Å². The van der Waals surface area contributed by atoms with E-state index in [0.29, 0.717) is 31.7 Å². The van der Waals surface area contributed by atoms with Crippen molar-refractivity contribution in [2.24, 2.45) is 5.92 Å². The number of carboxylic acid groups (broad SMARTS) is 1. The van der Waals surface area contributed by atoms with E-state index in [1.165, 1.54) is 6.07 Å². The minimum atomic E-state index is -4.52. The number of alkyl halides is 3. The third kappa shape index (κ3) is 3.67. The second-order valence-corrected chi connectivity index (χ2v) is 6.28. The predicted molar refractivity (Wildman–Crippen MR) is 79.7 cm³/mol. The molecule has 10 heteroatoms. The second-order valence-electron chi connectivity index (χ2n) is 6.28. The lowest BCUT2D eigenvalue weighted by Crippen LogP contribution is -2.46. The van der Waals surface area contributed by atoms with E-state index in [1.54, 1.807) is 4.90 Å². The molecule has 0 bridgehead atoms. The van der Waals surface area contributed by atoms with E-state index in [-0.39, 0.29) is 24.9 Å². The minimum Gasteiger partial charge on any atom is -0.481 e. The monoisotopic (exact) mass is 358 g/mol. The lowest BCUT2D eigenvalue weighted by molar-refractivity contribution is -0.142. The molecule has 1 unspecified atom stereocenters. The SMILES string of the molecule is O=C(O)C1CC(=O)N(C2CCN(c3ccc(C(F)(F)F)nn3)CC2)C1. The molecule has 7 nitrogen and oxygen atoms in total. The largest absolute Gasteiger partial charge is 0.481 e. The van der Waals surface area contributed by atoms with E-state index >= 15 is 0 Å². The molecule has 1 aromatic heterocycles. The first-order valence-electron chi connectivity index (χ1n) is 7.94. The summed E-state index contributed by atoms with van der Waals surface area (Å²) in [6, 6.07) is 2.14. The Morgan fingerprint density at radius 3 is 2.36 bits per heavy atom. The molecule has 1 N–H and O–H groups in total. The van der Waals surface area contributed by atoms with E-state index in [1.807, 2.05) is 4.90 Å². The van der Waals surface area contributed by atoms with Crippen LogP contribution in [0.3, 0.4) is 0 Å². The van der Waals surface area contributed by atoms with Gasteiger partial charge in [0.25, 0.3) is 0 Å². The molecule has 2 saturated heterocycles. The molecule has 1 aromatic rings. The van der Waals surface area contributed by atoms with Crippen molar-refractivity contribution in [2.75, 3.05) is 24.5 Å². The molecule has 25 heavy (non-hydrogen) atoms. The number of aliphatic carboxylic acids is 1. The van der Waals surface area contributed by atoms with Crippen molar-refractivity contribution < 1.29 is 27.9 Å². The summed E-state index contributed by atoms with van der Waals surface area (Å²) in [5.41, 5.74) is -1.03. The Morgan fingerprint density at radius 1 is 1.20 bits per heavy atom. The molecule has 2 aliphatic rings. The molecule has 1 amide bonds. The molecular formula is C15H17F3N4O3. The summed E-state index contributed by atoms with van der Waals surface area (Å²) in [5, 5.41) is 15.9. The second kappa shape index (κ2) is 6.49. The van der Waals surface area contributed by atoms with Crippen LogP contribution in [0.15, 0.2) is 12.1 Å². The van der Waals surface area contributed by atoms with Crippen LogP contribution in [0.1, 0.15) is 25.0 Å². The molecule has 2 fully saturated rings. The minimum absolute atomic E-state index is 0.0277. The number of piperidine rings is 1. The highest BCUT2D eigenvalue weighted by molar-refractivity contribution is 5.86. The fourth-order valence-corrected chi connectivity index (χ4v) is 3.30. The zero-order valence-corrected chi connectivity index (χ0v) is 13.2. The fourth-order valence-electron chi connectivity index (χ4n) is 3.30. The van der Waals surface area contributed by atoms with Crippen LogP contribution in [0.25, 0.3) is 0 Å². The quantitative estimate of drug-likeness (QED) is 0.879. The molecule has 1 atom stereocenters. The lowest BCUT2D eigenvalue weighted by Gasteiger charge is -2.37. The van der Waals surface area contributed by atoms with Crippen molar-refractivity contribution in [1.82, 2.24) is 15.1 Å². The predicted octanol–water partition coefficient (Wildman–Crippen LogP) is 1.40. The van der Waals surface area contributed by atoms with E-state index in [4.69, 9.17) is 5.11 Å². The Kier molecular flexibility index (Phi) is 4.53. The van der Waals surface area contributed by atoms with Crippen LogP contribution in [0.4, 0.5) is 19.0 Å². The number of rotatable bonds is 3. The smallest absolute Gasteiger partial charge is 0.435 e. The average molecular weight is 358 g/mol. The third-order valence-electron chi connectivity index (χ3n) is 4.68. The van der Waals surface area contributed by atoms with Gasteiger partial charge in [-0.1, -0.05) is 0 Å². The molecule has 2 aliphatic heterocycles. The first-order chi connectivity index (χ1) is 11.8. The molecule has 3 heterocycles. The summed E-state index contributed by atoms with van der Waals surface area (Å²) in [7, 11) is 0. The highest BCUT2D eigenvalue weighted by Gasteiger charge is 2.39. The van der Waals surface area contributed by atoms with Gasteiger partial charge in [0.15, 0.2) is 11.5 Å². The molecule has 3 rings (SSSR count). The van der Waals surface area contributed by atoms with Gasteiger partial charge in [-0.15, -0.1) is 10.2 Å². The summed E-state index contributed by atoms with van der Waals surface area (Å²) in [5.74, 6) is -1.41. The van der Waals surface area contributed by atoms with Crippen molar-refractivity contribution in [3.05, 3.63) is 17.8 Å². The number of halogens is 3. The van der Waals surface area contributed by atoms with E-state index in [2.05, 4.69) is 10.2 Å². The number of carboxylic acids is 1. The summed E-state index contributed by atoms with van der Waals surface area (Å²) in [6.45, 7) is 1.26. The number of likely N-dealkylation sites (tertiary alicyclic amines) is 1. The van der Waals surface area contributed by atoms with Gasteiger partial charge in [0, 0.05) is 32.1 Å². The standard InChI is InChI=1S/C15H17F3N4O3/c16-15(17,18)11-1-2-12(20-19-11)21-5-3-10(4-6-21)22-8-9(14(24)25)7-13(22)23/h1-2,9-10H,3-8H2,(H,24,25). The summed E-state index contributed by atoms with van der Waals surface area (Å²) in [6.07, 6.45) is -3.27. The molecule has 136 valence electrons. The lowest BCUT2D eigenvalue weighted by atomic mass is 10.0. The molecule has 0 radical (unpaired) electrons. The van der Waals surface area contributed by atoms with Crippen LogP contribution in [0.5, 0.6) is 0 Å². The maximum Gasteiger partial charge on any atom is 0.435 e. The zero-order chi connectivity index (χ0) is 18.2. The molecule has 0 aliphatic carbocycles. The van der Waals surface area contributed by atoms with Crippen LogP contribution in [0, 0.1) is 5.92 Å². The van der Waals surface area contributed by atoms with Crippen LogP contribution in [-0.2, 0) is 15.8 Å². The first kappa shape index (κ1) is 17.4. The van der Waals surface area contributed by atoms with E-state index in [0.717, 1.165) is 6.07 Å². The van der Waals surface area contributed by atoms with Crippen molar-refractivity contribution in [1.29, 1.82) is 0 Å². The van der Waals surface area contributed by atoms with Gasteiger partial charge in [-0.25, -0.2) is 0 Å². The van der Waals surface area contributed by atoms with Crippen molar-refractivity contribution in [3.63, 3.8) is 0 Å². The number of carbonyl (C=O) groups excluding carboxylic acids is 1. The summed E-state index contributed by atoms with van der Waals surface area (Å²) in [4.78, 5) is 26.5. The molecule has 0 saturated carbocycles. The van der Waals surface area contributed by atoms with Crippen LogP contribution in [0.2, 0.25) is 0 Å². The van der Waals surface area contributed by atoms with Crippen LogP contribution in [-0.4, -0.2) is 57.8 Å². The van der Waals surface area contributed by atoms with Gasteiger partial charge in [-0.05, 0) is 25.0 Å². The summed E-state index contributed by atoms with van der Waals surface area (Å²) < 4.78 is 37.5. The first-order valence-corrected chi connectivity index (χ1v) is 7.94. The van der Waals surface area contributed by atoms with E-state index < -0.39 is 23.8 Å². The fraction of sp³-hybridized carbons (Fsp3) is 0.600. The van der Waals surface area contributed by atoms with Crippen molar-refractivity contribution in [3.8, 4) is 0 Å². The van der Waals surface area contributed by atoms with Gasteiger partial charge in [-0.2, -0.15) is 13.2 Å². The number of hydrogen-bond donors (Lipinski definition) is 1. The Bertz CT molecular complexity index is 657. The van der Waals surface area contributed by atoms with Gasteiger partial charge < -0.3 is 14.9 Å². The van der Waals surface area contributed by atoms with Gasteiger partial charge in [-0.3, -0.25) is 9.59 Å². The molecular weight excluding hydrogens is 341 g/mol. The average Bonchev–Trinajstić information content (AvgIpc) is 2.96. The molecule has 0 spiro atoms. The number of amides is 1. The number of nitrogens with zero attached hydrogens (tertiary/aromatic N) is 4. The number of aromatic nitrogens is 2. The Morgan fingerprint density at radius 2 is 1.88 bits per heavy atom. The number of carbonyl (C=O) groups is 2. The Hall–Kier alpha value is -2.39. The van der Waals surface area contributed by atoms with Gasteiger partial charge in [0.1, 0.15) is 0 Å². The number of anilines is 1. The molecule has 0 aromatic carbocycles. The Labute approximate surface area is 141 Å².